The summed E-state index contributed by atoms with van der Waals surface area (Å²) in [5.74, 6) is 1.56. The third-order valence-corrected chi connectivity index (χ3v) is 4.06. The molecular weight excluding hydrogens is 350 g/mol. The second-order valence-corrected chi connectivity index (χ2v) is 6.45. The lowest BCUT2D eigenvalue weighted by molar-refractivity contribution is 0.122. The Kier molecular flexibility index (Phi) is 8.00. The van der Waals surface area contributed by atoms with E-state index < -0.39 is 0 Å². The highest BCUT2D eigenvalue weighted by Crippen LogP contribution is 2.39. The normalized spacial score (nSPS) is 13.9. The van der Waals surface area contributed by atoms with Crippen molar-refractivity contribution in [2.45, 2.75) is 20.8 Å². The predicted octanol–water partition coefficient (Wildman–Crippen LogP) is 3.18. The van der Waals surface area contributed by atoms with Gasteiger partial charge in [0, 0.05) is 31.8 Å². The predicted molar refractivity (Wildman–Crippen MR) is 111 cm³/mol. The van der Waals surface area contributed by atoms with Crippen molar-refractivity contribution >= 4 is 28.7 Å². The number of morpholine rings is 1. The quantitative estimate of drug-likeness (QED) is 0.531. The molecule has 0 unspecified atom stereocenters. The molecule has 6 nitrogen and oxygen atoms in total. The van der Waals surface area contributed by atoms with E-state index >= 15 is 0 Å². The lowest BCUT2D eigenvalue weighted by Crippen LogP contribution is -2.36. The number of hydrogen-bond acceptors (Lipinski definition) is 5. The first kappa shape index (κ1) is 20.3. The molecule has 144 valence electrons. The summed E-state index contributed by atoms with van der Waals surface area (Å²) < 4.78 is 17.2. The van der Waals surface area contributed by atoms with Crippen LogP contribution in [-0.2, 0) is 4.74 Å². The van der Waals surface area contributed by atoms with E-state index in [1.807, 2.05) is 32.9 Å². The molecule has 1 aromatic carbocycles. The van der Waals surface area contributed by atoms with E-state index in [0.29, 0.717) is 38.1 Å². The minimum Gasteiger partial charge on any atom is -0.492 e. The molecule has 1 heterocycles. The van der Waals surface area contributed by atoms with E-state index in [0.717, 1.165) is 41.5 Å². The molecule has 2 rings (SSSR count). The van der Waals surface area contributed by atoms with Gasteiger partial charge in [0.15, 0.2) is 5.11 Å². The van der Waals surface area contributed by atoms with Crippen LogP contribution in [0.1, 0.15) is 20.8 Å². The van der Waals surface area contributed by atoms with Crippen molar-refractivity contribution in [2.75, 3.05) is 56.3 Å². The number of nitrogens with zero attached hydrogens (tertiary/aromatic N) is 1. The molecule has 0 aliphatic carbocycles. The van der Waals surface area contributed by atoms with Gasteiger partial charge in [-0.1, -0.05) is 12.2 Å². The van der Waals surface area contributed by atoms with Gasteiger partial charge in [0.25, 0.3) is 0 Å². The SMILES string of the molecule is C=C(C)CNC(=S)Nc1cc(OCC)c(N2CCOCC2)cc1OCC. The van der Waals surface area contributed by atoms with Crippen LogP contribution < -0.4 is 25.0 Å². The smallest absolute Gasteiger partial charge is 0.171 e. The van der Waals surface area contributed by atoms with Gasteiger partial charge >= 0.3 is 0 Å². The van der Waals surface area contributed by atoms with Crippen LogP contribution in [0.2, 0.25) is 0 Å². The fourth-order valence-corrected chi connectivity index (χ4v) is 2.82. The van der Waals surface area contributed by atoms with Crippen molar-refractivity contribution in [3.8, 4) is 11.5 Å². The Bertz CT molecular complexity index is 631. The summed E-state index contributed by atoms with van der Waals surface area (Å²) in [6.45, 7) is 14.6. The van der Waals surface area contributed by atoms with E-state index in [9.17, 15) is 0 Å². The second-order valence-electron chi connectivity index (χ2n) is 6.05. The third-order valence-electron chi connectivity index (χ3n) is 3.81. The minimum atomic E-state index is 0.524. The Labute approximate surface area is 161 Å². The van der Waals surface area contributed by atoms with Gasteiger partial charge in [-0.2, -0.15) is 0 Å². The lowest BCUT2D eigenvalue weighted by atomic mass is 10.2. The number of nitrogens with one attached hydrogen (secondary N) is 2. The fourth-order valence-electron chi connectivity index (χ4n) is 2.64. The molecule has 1 aromatic rings. The molecular formula is C19H29N3O3S. The molecule has 0 atom stereocenters. The van der Waals surface area contributed by atoms with Crippen LogP contribution in [0.5, 0.6) is 11.5 Å². The van der Waals surface area contributed by atoms with Crippen molar-refractivity contribution in [3.05, 3.63) is 24.3 Å². The Hall–Kier alpha value is -1.99. The molecule has 0 amide bonds. The maximum Gasteiger partial charge on any atom is 0.171 e. The van der Waals surface area contributed by atoms with E-state index in [1.165, 1.54) is 0 Å². The average Bonchev–Trinajstić information content (AvgIpc) is 2.63. The Morgan fingerprint density at radius 3 is 2.46 bits per heavy atom. The Morgan fingerprint density at radius 1 is 1.19 bits per heavy atom. The van der Waals surface area contributed by atoms with Crippen molar-refractivity contribution in [1.82, 2.24) is 5.32 Å². The molecule has 0 bridgehead atoms. The summed E-state index contributed by atoms with van der Waals surface area (Å²) in [7, 11) is 0. The van der Waals surface area contributed by atoms with Crippen LogP contribution in [0.25, 0.3) is 0 Å². The lowest BCUT2D eigenvalue weighted by Gasteiger charge is -2.31. The van der Waals surface area contributed by atoms with Crippen LogP contribution in [0, 0.1) is 0 Å². The number of rotatable bonds is 8. The van der Waals surface area contributed by atoms with E-state index in [-0.39, 0.29) is 0 Å². The summed E-state index contributed by atoms with van der Waals surface area (Å²) in [5, 5.41) is 6.86. The van der Waals surface area contributed by atoms with Crippen LogP contribution in [0.15, 0.2) is 24.3 Å². The molecule has 1 saturated heterocycles. The second kappa shape index (κ2) is 10.2. The van der Waals surface area contributed by atoms with Crippen LogP contribution in [-0.4, -0.2) is 51.2 Å². The minimum absolute atomic E-state index is 0.524. The highest BCUT2D eigenvalue weighted by Gasteiger charge is 2.20. The molecule has 1 fully saturated rings. The first-order valence-corrected chi connectivity index (χ1v) is 9.41. The summed E-state index contributed by atoms with van der Waals surface area (Å²) in [5.41, 5.74) is 2.81. The summed E-state index contributed by atoms with van der Waals surface area (Å²) in [4.78, 5) is 2.26. The topological polar surface area (TPSA) is 55.0 Å². The summed E-state index contributed by atoms with van der Waals surface area (Å²) in [6, 6.07) is 3.97. The van der Waals surface area contributed by atoms with Gasteiger partial charge in [-0.3, -0.25) is 0 Å². The van der Waals surface area contributed by atoms with E-state index in [2.05, 4.69) is 22.1 Å². The van der Waals surface area contributed by atoms with Crippen LogP contribution in [0.3, 0.4) is 0 Å². The monoisotopic (exact) mass is 379 g/mol. The number of ether oxygens (including phenoxy) is 3. The maximum absolute atomic E-state index is 5.89. The number of hydrogen-bond donors (Lipinski definition) is 2. The molecule has 7 heteroatoms. The third kappa shape index (κ3) is 5.78. The fraction of sp³-hybridized carbons (Fsp3) is 0.526. The van der Waals surface area contributed by atoms with Crippen molar-refractivity contribution in [1.29, 1.82) is 0 Å². The van der Waals surface area contributed by atoms with Gasteiger partial charge in [0.05, 0.1) is 37.8 Å². The van der Waals surface area contributed by atoms with E-state index in [1.54, 1.807) is 0 Å². The largest absolute Gasteiger partial charge is 0.492 e. The maximum atomic E-state index is 5.89. The number of benzene rings is 1. The van der Waals surface area contributed by atoms with Crippen molar-refractivity contribution in [3.63, 3.8) is 0 Å². The highest BCUT2D eigenvalue weighted by molar-refractivity contribution is 7.80. The first-order chi connectivity index (χ1) is 12.5. The van der Waals surface area contributed by atoms with Crippen molar-refractivity contribution in [2.24, 2.45) is 0 Å². The molecule has 1 aliphatic rings. The molecule has 0 aromatic heterocycles. The number of thiocarbonyl (C=S) groups is 1. The molecule has 26 heavy (non-hydrogen) atoms. The van der Waals surface area contributed by atoms with Gasteiger partial charge in [-0.25, -0.2) is 0 Å². The summed E-state index contributed by atoms with van der Waals surface area (Å²) in [6.07, 6.45) is 0. The summed E-state index contributed by atoms with van der Waals surface area (Å²) >= 11 is 5.38. The number of anilines is 2. The highest BCUT2D eigenvalue weighted by atomic mass is 32.1. The molecule has 0 saturated carbocycles. The zero-order valence-electron chi connectivity index (χ0n) is 15.9. The van der Waals surface area contributed by atoms with Gasteiger partial charge in [-0.15, -0.1) is 0 Å². The standard InChI is InChI=1S/C19H29N3O3S/c1-5-24-17-12-16(22-7-9-23-10-8-22)18(25-6-2)11-15(17)21-19(26)20-13-14(3)4/h11-12H,3,5-10,13H2,1-2,4H3,(H2,20,21,26). The molecule has 0 radical (unpaired) electrons. The Balaban J connectivity index is 2.29. The molecule has 1 aliphatic heterocycles. The van der Waals surface area contributed by atoms with Gasteiger partial charge in [-0.05, 0) is 33.0 Å². The van der Waals surface area contributed by atoms with Crippen LogP contribution >= 0.6 is 12.2 Å². The average molecular weight is 380 g/mol. The van der Waals surface area contributed by atoms with E-state index in [4.69, 9.17) is 26.4 Å². The van der Waals surface area contributed by atoms with Crippen LogP contribution in [0.4, 0.5) is 11.4 Å². The Morgan fingerprint density at radius 2 is 1.85 bits per heavy atom. The van der Waals surface area contributed by atoms with Gasteiger partial charge in [0.2, 0.25) is 0 Å². The molecule has 2 N–H and O–H groups in total. The van der Waals surface area contributed by atoms with Crippen molar-refractivity contribution < 1.29 is 14.2 Å². The zero-order chi connectivity index (χ0) is 18.9. The van der Waals surface area contributed by atoms with Gasteiger partial charge < -0.3 is 29.7 Å². The van der Waals surface area contributed by atoms with Gasteiger partial charge in [0.1, 0.15) is 11.5 Å². The zero-order valence-corrected chi connectivity index (χ0v) is 16.7. The molecule has 0 spiro atoms. The first-order valence-electron chi connectivity index (χ1n) is 9.00.